The Morgan fingerprint density at radius 2 is 2.39 bits per heavy atom. The predicted molar refractivity (Wildman–Crippen MR) is 78.3 cm³/mol. The number of nitrogens with zero attached hydrogens (tertiary/aromatic N) is 2. The van der Waals surface area contributed by atoms with Crippen molar-refractivity contribution < 1.29 is 0 Å². The molecular formula is C14H25N3S. The van der Waals surface area contributed by atoms with Crippen molar-refractivity contribution in [1.82, 2.24) is 15.2 Å². The van der Waals surface area contributed by atoms with Crippen molar-refractivity contribution in [3.8, 4) is 0 Å². The lowest BCUT2D eigenvalue weighted by atomic mass is 10.0. The van der Waals surface area contributed by atoms with E-state index in [1.807, 2.05) is 5.51 Å². The van der Waals surface area contributed by atoms with E-state index in [1.54, 1.807) is 11.3 Å². The second kappa shape index (κ2) is 7.22. The van der Waals surface area contributed by atoms with Gasteiger partial charge in [-0.25, -0.2) is 4.98 Å². The van der Waals surface area contributed by atoms with Crippen molar-refractivity contribution in [2.24, 2.45) is 0 Å². The molecule has 102 valence electrons. The number of hydrogen-bond donors (Lipinski definition) is 1. The van der Waals surface area contributed by atoms with Gasteiger partial charge in [0.25, 0.3) is 0 Å². The van der Waals surface area contributed by atoms with Crippen molar-refractivity contribution in [2.75, 3.05) is 26.2 Å². The molecule has 1 unspecified atom stereocenters. The number of rotatable bonds is 6. The summed E-state index contributed by atoms with van der Waals surface area (Å²) in [6, 6.07) is 0.709. The van der Waals surface area contributed by atoms with E-state index in [4.69, 9.17) is 0 Å². The predicted octanol–water partition coefficient (Wildman–Crippen LogP) is 2.46. The van der Waals surface area contributed by atoms with E-state index in [9.17, 15) is 0 Å². The summed E-state index contributed by atoms with van der Waals surface area (Å²) in [7, 11) is 0. The summed E-state index contributed by atoms with van der Waals surface area (Å²) in [6.45, 7) is 9.10. The number of aromatic nitrogens is 1. The minimum Gasteiger partial charge on any atom is -0.313 e. The minimum absolute atomic E-state index is 0.709. The second-order valence-electron chi connectivity index (χ2n) is 5.15. The fourth-order valence-corrected chi connectivity index (χ4v) is 3.37. The van der Waals surface area contributed by atoms with Crippen molar-refractivity contribution in [3.05, 3.63) is 16.1 Å². The third-order valence-electron chi connectivity index (χ3n) is 3.84. The van der Waals surface area contributed by atoms with Gasteiger partial charge in [-0.2, -0.15) is 0 Å². The standard InChI is InChI=1S/C14H25N3S/c1-3-17(10-13-6-4-5-8-15-13)9-7-14-12(2)16-11-18-14/h11,13,15H,3-10H2,1-2H3. The normalized spacial score (nSPS) is 20.5. The molecule has 1 aromatic rings. The van der Waals surface area contributed by atoms with Crippen molar-refractivity contribution in [2.45, 2.75) is 45.6 Å². The van der Waals surface area contributed by atoms with Crippen LogP contribution in [0.5, 0.6) is 0 Å². The minimum atomic E-state index is 0.709. The third kappa shape index (κ3) is 4.04. The first-order valence-electron chi connectivity index (χ1n) is 7.14. The Kier molecular flexibility index (Phi) is 5.60. The van der Waals surface area contributed by atoms with Crippen LogP contribution in [0.4, 0.5) is 0 Å². The SMILES string of the molecule is CCN(CCc1scnc1C)CC1CCCCN1. The first-order chi connectivity index (χ1) is 8.79. The molecule has 18 heavy (non-hydrogen) atoms. The van der Waals surface area contributed by atoms with Gasteiger partial charge in [-0.15, -0.1) is 11.3 Å². The van der Waals surface area contributed by atoms with Gasteiger partial charge in [-0.3, -0.25) is 0 Å². The van der Waals surface area contributed by atoms with Gasteiger partial charge in [0.05, 0.1) is 11.2 Å². The zero-order valence-electron chi connectivity index (χ0n) is 11.6. The summed E-state index contributed by atoms with van der Waals surface area (Å²) >= 11 is 1.79. The molecule has 0 amide bonds. The molecule has 0 spiro atoms. The topological polar surface area (TPSA) is 28.2 Å². The van der Waals surface area contributed by atoms with Gasteiger partial charge >= 0.3 is 0 Å². The highest BCUT2D eigenvalue weighted by molar-refractivity contribution is 7.09. The molecule has 1 atom stereocenters. The van der Waals surface area contributed by atoms with Crippen LogP contribution in [-0.2, 0) is 6.42 Å². The van der Waals surface area contributed by atoms with Gasteiger partial charge in [0.2, 0.25) is 0 Å². The lowest BCUT2D eigenvalue weighted by molar-refractivity contribution is 0.235. The van der Waals surface area contributed by atoms with Gasteiger partial charge in [0, 0.05) is 24.0 Å². The molecule has 1 fully saturated rings. The monoisotopic (exact) mass is 267 g/mol. The highest BCUT2D eigenvalue weighted by Crippen LogP contribution is 2.14. The average molecular weight is 267 g/mol. The van der Waals surface area contributed by atoms with Gasteiger partial charge < -0.3 is 10.2 Å². The molecule has 2 heterocycles. The first-order valence-corrected chi connectivity index (χ1v) is 8.02. The molecule has 0 aliphatic carbocycles. The van der Waals surface area contributed by atoms with E-state index in [1.165, 1.54) is 42.9 Å². The van der Waals surface area contributed by atoms with E-state index in [0.29, 0.717) is 6.04 Å². The molecular weight excluding hydrogens is 242 g/mol. The Morgan fingerprint density at radius 3 is 3.00 bits per heavy atom. The first kappa shape index (κ1) is 14.0. The smallest absolute Gasteiger partial charge is 0.0797 e. The van der Waals surface area contributed by atoms with Gasteiger partial charge in [0.1, 0.15) is 0 Å². The molecule has 3 nitrogen and oxygen atoms in total. The largest absolute Gasteiger partial charge is 0.313 e. The Bertz CT molecular complexity index is 345. The number of nitrogens with one attached hydrogen (secondary N) is 1. The van der Waals surface area contributed by atoms with Gasteiger partial charge in [-0.1, -0.05) is 13.3 Å². The summed E-state index contributed by atoms with van der Waals surface area (Å²) in [6.07, 6.45) is 5.24. The maximum absolute atomic E-state index is 4.32. The second-order valence-corrected chi connectivity index (χ2v) is 6.09. The maximum Gasteiger partial charge on any atom is 0.0797 e. The van der Waals surface area contributed by atoms with Crippen LogP contribution in [0.1, 0.15) is 36.8 Å². The van der Waals surface area contributed by atoms with Crippen LogP contribution in [0.3, 0.4) is 0 Å². The van der Waals surface area contributed by atoms with E-state index < -0.39 is 0 Å². The average Bonchev–Trinajstić information content (AvgIpc) is 2.81. The summed E-state index contributed by atoms with van der Waals surface area (Å²) in [5.74, 6) is 0. The van der Waals surface area contributed by atoms with Crippen LogP contribution in [0, 0.1) is 6.92 Å². The summed E-state index contributed by atoms with van der Waals surface area (Å²) in [5, 5.41) is 3.64. The molecule has 0 aromatic carbocycles. The lowest BCUT2D eigenvalue weighted by Crippen LogP contribution is -2.44. The van der Waals surface area contributed by atoms with Gasteiger partial charge in [0.15, 0.2) is 0 Å². The zero-order valence-corrected chi connectivity index (χ0v) is 12.4. The highest BCUT2D eigenvalue weighted by Gasteiger charge is 2.15. The third-order valence-corrected chi connectivity index (χ3v) is 4.83. The molecule has 1 saturated heterocycles. The summed E-state index contributed by atoms with van der Waals surface area (Å²) in [4.78, 5) is 8.34. The molecule has 0 radical (unpaired) electrons. The molecule has 1 aromatic heterocycles. The fourth-order valence-electron chi connectivity index (χ4n) is 2.60. The molecule has 0 bridgehead atoms. The molecule has 2 rings (SSSR count). The lowest BCUT2D eigenvalue weighted by Gasteiger charge is -2.29. The molecule has 0 saturated carbocycles. The number of aryl methyl sites for hydroxylation is 1. The van der Waals surface area contributed by atoms with Crippen LogP contribution in [0.2, 0.25) is 0 Å². The number of likely N-dealkylation sites (N-methyl/N-ethyl adjacent to an activating group) is 1. The van der Waals surface area contributed by atoms with E-state index in [-0.39, 0.29) is 0 Å². The summed E-state index contributed by atoms with van der Waals surface area (Å²) < 4.78 is 0. The van der Waals surface area contributed by atoms with Crippen LogP contribution >= 0.6 is 11.3 Å². The highest BCUT2D eigenvalue weighted by atomic mass is 32.1. The zero-order chi connectivity index (χ0) is 12.8. The Hall–Kier alpha value is -0.450. The Morgan fingerprint density at radius 1 is 1.50 bits per heavy atom. The number of hydrogen-bond acceptors (Lipinski definition) is 4. The molecule has 1 N–H and O–H groups in total. The number of thiazole rings is 1. The Labute approximate surface area is 115 Å². The molecule has 4 heteroatoms. The fraction of sp³-hybridized carbons (Fsp3) is 0.786. The molecule has 1 aliphatic rings. The van der Waals surface area contributed by atoms with Crippen molar-refractivity contribution in [1.29, 1.82) is 0 Å². The molecule has 1 aliphatic heterocycles. The van der Waals surface area contributed by atoms with Crippen LogP contribution in [-0.4, -0.2) is 42.1 Å². The van der Waals surface area contributed by atoms with Crippen molar-refractivity contribution in [3.63, 3.8) is 0 Å². The van der Waals surface area contributed by atoms with Crippen molar-refractivity contribution >= 4 is 11.3 Å². The number of piperidine rings is 1. The Balaban J connectivity index is 1.76. The maximum atomic E-state index is 4.32. The van der Waals surface area contributed by atoms with Crippen LogP contribution < -0.4 is 5.32 Å². The van der Waals surface area contributed by atoms with E-state index >= 15 is 0 Å². The summed E-state index contributed by atoms with van der Waals surface area (Å²) in [5.41, 5.74) is 3.18. The van der Waals surface area contributed by atoms with E-state index in [2.05, 4.69) is 29.0 Å². The van der Waals surface area contributed by atoms with E-state index in [0.717, 1.165) is 19.5 Å². The van der Waals surface area contributed by atoms with Crippen LogP contribution in [0.15, 0.2) is 5.51 Å². The van der Waals surface area contributed by atoms with Crippen LogP contribution in [0.25, 0.3) is 0 Å². The van der Waals surface area contributed by atoms with Gasteiger partial charge in [-0.05, 0) is 39.3 Å². The quantitative estimate of drug-likeness (QED) is 0.858.